The number of nitrogens with zero attached hydrogens (tertiary/aromatic N) is 3. The predicted molar refractivity (Wildman–Crippen MR) is 82.5 cm³/mol. The summed E-state index contributed by atoms with van der Waals surface area (Å²) in [7, 11) is 3.96. The summed E-state index contributed by atoms with van der Waals surface area (Å²) in [5.74, 6) is 3.03. The summed E-state index contributed by atoms with van der Waals surface area (Å²) in [6.07, 6.45) is 3.92. The number of ether oxygens (including phenoxy) is 1. The van der Waals surface area contributed by atoms with Crippen LogP contribution in [0, 0.1) is 0 Å². The zero-order valence-electron chi connectivity index (χ0n) is 13.0. The third kappa shape index (κ3) is 3.82. The Morgan fingerprint density at radius 1 is 1.40 bits per heavy atom. The summed E-state index contributed by atoms with van der Waals surface area (Å²) in [5, 5.41) is 3.11. The summed E-state index contributed by atoms with van der Waals surface area (Å²) < 4.78 is 5.80. The third-order valence-electron chi connectivity index (χ3n) is 3.65. The molecule has 1 aromatic heterocycles. The van der Waals surface area contributed by atoms with Crippen molar-refractivity contribution in [3.63, 3.8) is 0 Å². The largest absolute Gasteiger partial charge is 0.376 e. The van der Waals surface area contributed by atoms with E-state index in [0.29, 0.717) is 12.0 Å². The average molecular weight is 278 g/mol. The first-order valence-electron chi connectivity index (χ1n) is 7.49. The first-order chi connectivity index (χ1) is 9.60. The van der Waals surface area contributed by atoms with Crippen molar-refractivity contribution in [2.45, 2.75) is 45.1 Å². The maximum Gasteiger partial charge on any atom is 0.135 e. The second-order valence-electron chi connectivity index (χ2n) is 5.74. The van der Waals surface area contributed by atoms with Gasteiger partial charge in [0.1, 0.15) is 17.5 Å². The minimum atomic E-state index is 0.321. The predicted octanol–water partition coefficient (Wildman–Crippen LogP) is 2.65. The molecule has 1 aliphatic rings. The van der Waals surface area contributed by atoms with Gasteiger partial charge in [-0.25, -0.2) is 9.97 Å². The molecule has 5 nitrogen and oxygen atoms in total. The fourth-order valence-electron chi connectivity index (χ4n) is 2.38. The SMILES string of the molecule is CNc1cc(N(C)CC2CCCCO2)nc(C(C)C)n1. The van der Waals surface area contributed by atoms with E-state index >= 15 is 0 Å². The molecule has 1 aromatic rings. The van der Waals surface area contributed by atoms with E-state index in [1.54, 1.807) is 0 Å². The van der Waals surface area contributed by atoms with E-state index in [2.05, 4.69) is 41.1 Å². The van der Waals surface area contributed by atoms with Gasteiger partial charge < -0.3 is 15.0 Å². The minimum absolute atomic E-state index is 0.321. The van der Waals surface area contributed by atoms with Crippen LogP contribution < -0.4 is 10.2 Å². The van der Waals surface area contributed by atoms with Crippen LogP contribution >= 0.6 is 0 Å². The molecule has 0 spiro atoms. The van der Waals surface area contributed by atoms with Crippen LogP contribution in [0.3, 0.4) is 0 Å². The van der Waals surface area contributed by atoms with Crippen LogP contribution in [0.1, 0.15) is 44.9 Å². The summed E-state index contributed by atoms with van der Waals surface area (Å²) in [6, 6.07) is 1.99. The molecule has 0 aromatic carbocycles. The molecule has 20 heavy (non-hydrogen) atoms. The van der Waals surface area contributed by atoms with Crippen LogP contribution in [-0.4, -0.2) is 43.3 Å². The Morgan fingerprint density at radius 2 is 2.20 bits per heavy atom. The van der Waals surface area contributed by atoms with Gasteiger partial charge in [-0.3, -0.25) is 0 Å². The maximum absolute atomic E-state index is 5.80. The van der Waals surface area contributed by atoms with Crippen LogP contribution in [0.2, 0.25) is 0 Å². The Morgan fingerprint density at radius 3 is 2.80 bits per heavy atom. The quantitative estimate of drug-likeness (QED) is 0.897. The highest BCUT2D eigenvalue weighted by Crippen LogP contribution is 2.21. The van der Waals surface area contributed by atoms with Gasteiger partial charge in [0.15, 0.2) is 0 Å². The fraction of sp³-hybridized carbons (Fsp3) is 0.733. The number of nitrogens with one attached hydrogen (secondary N) is 1. The molecule has 2 rings (SSSR count). The summed E-state index contributed by atoms with van der Waals surface area (Å²) in [6.45, 7) is 6.00. The van der Waals surface area contributed by atoms with Crippen molar-refractivity contribution in [3.8, 4) is 0 Å². The highest BCUT2D eigenvalue weighted by Gasteiger charge is 2.18. The lowest BCUT2D eigenvalue weighted by Gasteiger charge is -2.28. The van der Waals surface area contributed by atoms with Crippen molar-refractivity contribution in [2.75, 3.05) is 37.5 Å². The van der Waals surface area contributed by atoms with Gasteiger partial charge in [0, 0.05) is 39.2 Å². The van der Waals surface area contributed by atoms with Gasteiger partial charge >= 0.3 is 0 Å². The van der Waals surface area contributed by atoms with Crippen molar-refractivity contribution in [1.29, 1.82) is 0 Å². The second-order valence-corrected chi connectivity index (χ2v) is 5.74. The molecule has 1 unspecified atom stereocenters. The molecule has 0 radical (unpaired) electrons. The average Bonchev–Trinajstić information content (AvgIpc) is 2.47. The summed E-state index contributed by atoms with van der Waals surface area (Å²) in [4.78, 5) is 11.3. The number of anilines is 2. The topological polar surface area (TPSA) is 50.3 Å². The highest BCUT2D eigenvalue weighted by molar-refractivity contribution is 5.49. The number of aromatic nitrogens is 2. The maximum atomic E-state index is 5.80. The molecule has 0 amide bonds. The van der Waals surface area contributed by atoms with Gasteiger partial charge in [0.05, 0.1) is 6.10 Å². The van der Waals surface area contributed by atoms with Crippen LogP contribution in [0.25, 0.3) is 0 Å². The molecular formula is C15H26N4O. The van der Waals surface area contributed by atoms with Crippen LogP contribution in [-0.2, 0) is 4.74 Å². The van der Waals surface area contributed by atoms with Gasteiger partial charge in [-0.1, -0.05) is 13.8 Å². The smallest absolute Gasteiger partial charge is 0.135 e. The Labute approximate surface area is 121 Å². The van der Waals surface area contributed by atoms with Gasteiger partial charge in [-0.05, 0) is 19.3 Å². The molecule has 1 N–H and O–H groups in total. The normalized spacial score (nSPS) is 19.1. The first-order valence-corrected chi connectivity index (χ1v) is 7.49. The van der Waals surface area contributed by atoms with Crippen molar-refractivity contribution in [1.82, 2.24) is 9.97 Å². The molecule has 0 aliphatic carbocycles. The number of rotatable bonds is 5. The summed E-state index contributed by atoms with van der Waals surface area (Å²) in [5.41, 5.74) is 0. The van der Waals surface area contributed by atoms with Crippen molar-refractivity contribution in [3.05, 3.63) is 11.9 Å². The van der Waals surface area contributed by atoms with Gasteiger partial charge in [0.25, 0.3) is 0 Å². The van der Waals surface area contributed by atoms with Crippen LogP contribution in [0.4, 0.5) is 11.6 Å². The van der Waals surface area contributed by atoms with Crippen molar-refractivity contribution >= 4 is 11.6 Å². The van der Waals surface area contributed by atoms with E-state index in [1.807, 2.05) is 13.1 Å². The van der Waals surface area contributed by atoms with E-state index in [-0.39, 0.29) is 0 Å². The first kappa shape index (κ1) is 15.0. The van der Waals surface area contributed by atoms with Gasteiger partial charge in [-0.2, -0.15) is 0 Å². The zero-order chi connectivity index (χ0) is 14.5. The molecule has 1 fully saturated rings. The van der Waals surface area contributed by atoms with Crippen molar-refractivity contribution < 1.29 is 4.74 Å². The molecular weight excluding hydrogens is 252 g/mol. The van der Waals surface area contributed by atoms with E-state index < -0.39 is 0 Å². The molecule has 1 aliphatic heterocycles. The number of hydrogen-bond acceptors (Lipinski definition) is 5. The lowest BCUT2D eigenvalue weighted by molar-refractivity contribution is 0.0215. The molecule has 0 saturated carbocycles. The highest BCUT2D eigenvalue weighted by atomic mass is 16.5. The summed E-state index contributed by atoms with van der Waals surface area (Å²) >= 11 is 0. The van der Waals surface area contributed by atoms with E-state index in [4.69, 9.17) is 4.74 Å². The molecule has 5 heteroatoms. The molecule has 1 atom stereocenters. The molecule has 0 bridgehead atoms. The monoisotopic (exact) mass is 278 g/mol. The fourth-order valence-corrected chi connectivity index (χ4v) is 2.38. The Bertz CT molecular complexity index is 430. The molecule has 1 saturated heterocycles. The van der Waals surface area contributed by atoms with E-state index in [1.165, 1.54) is 12.8 Å². The molecule has 112 valence electrons. The zero-order valence-corrected chi connectivity index (χ0v) is 13.0. The number of hydrogen-bond donors (Lipinski definition) is 1. The van der Waals surface area contributed by atoms with Crippen LogP contribution in [0.5, 0.6) is 0 Å². The van der Waals surface area contributed by atoms with Crippen LogP contribution in [0.15, 0.2) is 6.07 Å². The number of likely N-dealkylation sites (N-methyl/N-ethyl adjacent to an activating group) is 1. The third-order valence-corrected chi connectivity index (χ3v) is 3.65. The van der Waals surface area contributed by atoms with Crippen molar-refractivity contribution in [2.24, 2.45) is 0 Å². The Balaban J connectivity index is 2.11. The lowest BCUT2D eigenvalue weighted by Crippen LogP contribution is -2.34. The van der Waals surface area contributed by atoms with E-state index in [0.717, 1.165) is 37.0 Å². The lowest BCUT2D eigenvalue weighted by atomic mass is 10.1. The molecule has 2 heterocycles. The minimum Gasteiger partial charge on any atom is -0.376 e. The standard InChI is InChI=1S/C15H26N4O/c1-11(2)15-17-13(16-3)9-14(18-15)19(4)10-12-7-5-6-8-20-12/h9,11-12H,5-8,10H2,1-4H3,(H,16,17,18). The van der Waals surface area contributed by atoms with Gasteiger partial charge in [0.2, 0.25) is 0 Å². The Hall–Kier alpha value is -1.36. The van der Waals surface area contributed by atoms with E-state index in [9.17, 15) is 0 Å². The van der Waals surface area contributed by atoms with Gasteiger partial charge in [-0.15, -0.1) is 0 Å². The second kappa shape index (κ2) is 6.88. The Kier molecular flexibility index (Phi) is 5.17.